The number of nitro benzene ring substituents is 1. The molecule has 13 nitrogen and oxygen atoms in total. The molecule has 1 saturated carbocycles. The zero-order chi connectivity index (χ0) is 42.6. The lowest BCUT2D eigenvalue weighted by atomic mass is 9.55. The predicted octanol–water partition coefficient (Wildman–Crippen LogP) is 7.70. The number of carbonyl (C=O) groups is 1. The fourth-order valence-corrected chi connectivity index (χ4v) is 9.13. The van der Waals surface area contributed by atoms with Crippen molar-refractivity contribution >= 4 is 17.3 Å². The summed E-state index contributed by atoms with van der Waals surface area (Å²) in [4.78, 5) is 33.2. The van der Waals surface area contributed by atoms with Crippen LogP contribution in [-0.4, -0.2) is 84.1 Å². The molecular weight excluding hydrogens is 767 g/mol. The molecule has 3 aromatic rings. The van der Waals surface area contributed by atoms with Gasteiger partial charge in [0.15, 0.2) is 0 Å². The number of methoxy groups -OCH3 is 1. The van der Waals surface area contributed by atoms with E-state index in [-0.39, 0.29) is 68.6 Å². The number of benzene rings is 3. The van der Waals surface area contributed by atoms with Crippen LogP contribution in [0.5, 0.6) is 17.2 Å². The summed E-state index contributed by atoms with van der Waals surface area (Å²) in [5.74, 6) is -0.223. The van der Waals surface area contributed by atoms with Crippen LogP contribution in [-0.2, 0) is 27.4 Å². The maximum absolute atomic E-state index is 14.5. The average molecular weight is 824 g/mol. The van der Waals surface area contributed by atoms with Gasteiger partial charge in [-0.1, -0.05) is 54.9 Å². The number of nitro groups is 1. The molecule has 3 aromatic carbocycles. The predicted molar refractivity (Wildman–Crippen MR) is 228 cm³/mol. The van der Waals surface area contributed by atoms with Crippen molar-refractivity contribution in [3.05, 3.63) is 130 Å². The summed E-state index contributed by atoms with van der Waals surface area (Å²) >= 11 is 0. The first-order valence-corrected chi connectivity index (χ1v) is 20.7. The van der Waals surface area contributed by atoms with E-state index in [0.29, 0.717) is 48.0 Å². The van der Waals surface area contributed by atoms with Crippen LogP contribution in [0.4, 0.5) is 5.69 Å². The highest BCUT2D eigenvalue weighted by Gasteiger charge is 2.65. The average Bonchev–Trinajstić information content (AvgIpc) is 3.26. The topological polar surface area (TPSA) is 162 Å². The molecular formula is C47H57N3O10. The van der Waals surface area contributed by atoms with Crippen molar-refractivity contribution in [3.63, 3.8) is 0 Å². The Bertz CT molecular complexity index is 2030. The Morgan fingerprint density at radius 3 is 2.43 bits per heavy atom. The number of nitrogens with zero attached hydrogens (tertiary/aromatic N) is 3. The second-order valence-electron chi connectivity index (χ2n) is 15.6. The van der Waals surface area contributed by atoms with E-state index < -0.39 is 22.7 Å². The summed E-state index contributed by atoms with van der Waals surface area (Å²) < 4.78 is 25.8. The summed E-state index contributed by atoms with van der Waals surface area (Å²) in [6.45, 7) is 8.51. The van der Waals surface area contributed by atoms with Gasteiger partial charge >= 0.3 is 0 Å². The molecule has 0 aromatic heterocycles. The number of oxime groups is 1. The Balaban J connectivity index is 1.52. The number of likely N-dealkylation sites (N-methyl/N-ethyl adjacent to an activating group) is 1. The van der Waals surface area contributed by atoms with E-state index in [2.05, 4.69) is 19.2 Å². The molecule has 0 spiro atoms. The van der Waals surface area contributed by atoms with Gasteiger partial charge in [0.05, 0.1) is 36.7 Å². The molecule has 320 valence electrons. The minimum absolute atomic E-state index is 0.0208. The highest BCUT2D eigenvalue weighted by Crippen LogP contribution is 2.61. The lowest BCUT2D eigenvalue weighted by Gasteiger charge is -2.59. The SMILES string of the molecule is C=CCOc1ccc2c(c1)[C@H]1[C@H](CCCCO)[C@@H](CCCCO)C=C3C(=NOCc4ccc([N+](=O)[O-])cc4)C[C@H](N(C)C(=O)Cc4cccc(OC)c4)[C@@](OCC=C)(O2)[C@H]31. The van der Waals surface area contributed by atoms with E-state index >= 15 is 0 Å². The van der Waals surface area contributed by atoms with Crippen LogP contribution in [0.15, 0.2) is 109 Å². The summed E-state index contributed by atoms with van der Waals surface area (Å²) in [7, 11) is 3.36. The van der Waals surface area contributed by atoms with E-state index in [9.17, 15) is 25.1 Å². The molecule has 6 rings (SSSR count). The molecule has 1 fully saturated rings. The van der Waals surface area contributed by atoms with Gasteiger partial charge in [0.1, 0.15) is 36.5 Å². The molecule has 1 heterocycles. The number of fused-ring (bicyclic) bond motifs is 2. The first-order valence-electron chi connectivity index (χ1n) is 20.7. The molecule has 0 bridgehead atoms. The number of hydrogen-bond donors (Lipinski definition) is 2. The van der Waals surface area contributed by atoms with Gasteiger partial charge in [-0.25, -0.2) is 0 Å². The molecule has 1 amide bonds. The summed E-state index contributed by atoms with van der Waals surface area (Å²) in [6.07, 6.45) is 10.5. The maximum Gasteiger partial charge on any atom is 0.269 e. The lowest BCUT2D eigenvalue weighted by Crippen LogP contribution is -2.69. The van der Waals surface area contributed by atoms with E-state index in [4.69, 9.17) is 28.9 Å². The van der Waals surface area contributed by atoms with Gasteiger partial charge in [0.25, 0.3) is 5.69 Å². The number of allylic oxidation sites excluding steroid dienone is 1. The van der Waals surface area contributed by atoms with Crippen molar-refractivity contribution < 1.29 is 43.7 Å². The normalized spacial score (nSPS) is 23.3. The Morgan fingerprint density at radius 2 is 1.73 bits per heavy atom. The Labute approximate surface area is 352 Å². The smallest absolute Gasteiger partial charge is 0.269 e. The van der Waals surface area contributed by atoms with Gasteiger partial charge in [0.2, 0.25) is 11.7 Å². The van der Waals surface area contributed by atoms with Crippen LogP contribution in [0.2, 0.25) is 0 Å². The molecule has 0 radical (unpaired) electrons. The van der Waals surface area contributed by atoms with Crippen LogP contribution < -0.4 is 14.2 Å². The number of aliphatic hydroxyl groups is 2. The molecule has 2 N–H and O–H groups in total. The van der Waals surface area contributed by atoms with Gasteiger partial charge in [-0.3, -0.25) is 14.9 Å². The van der Waals surface area contributed by atoms with Crippen molar-refractivity contribution in [3.8, 4) is 17.2 Å². The quantitative estimate of drug-likeness (QED) is 0.0445. The van der Waals surface area contributed by atoms with Gasteiger partial charge in [-0.05, 0) is 96.7 Å². The number of hydrogen-bond acceptors (Lipinski definition) is 11. The van der Waals surface area contributed by atoms with Gasteiger partial charge in [-0.15, -0.1) is 6.58 Å². The third-order valence-corrected chi connectivity index (χ3v) is 11.9. The molecule has 0 unspecified atom stereocenters. The Morgan fingerprint density at radius 1 is 0.983 bits per heavy atom. The lowest BCUT2D eigenvalue weighted by molar-refractivity contribution is -0.384. The zero-order valence-electron chi connectivity index (χ0n) is 34.6. The Hall–Kier alpha value is -5.50. The maximum atomic E-state index is 14.5. The van der Waals surface area contributed by atoms with E-state index in [1.54, 1.807) is 43.3 Å². The number of carbonyl (C=O) groups excluding carboxylic acids is 1. The number of aliphatic hydroxyl groups excluding tert-OH is 2. The highest BCUT2D eigenvalue weighted by atomic mass is 16.7. The number of amides is 1. The highest BCUT2D eigenvalue weighted by molar-refractivity contribution is 6.03. The zero-order valence-corrected chi connectivity index (χ0v) is 34.6. The fourth-order valence-electron chi connectivity index (χ4n) is 9.13. The first-order chi connectivity index (χ1) is 29.2. The van der Waals surface area contributed by atoms with Crippen molar-refractivity contribution in [2.24, 2.45) is 22.9 Å². The van der Waals surface area contributed by atoms with Crippen molar-refractivity contribution in [1.82, 2.24) is 4.90 Å². The monoisotopic (exact) mass is 823 g/mol. The molecule has 0 saturated heterocycles. The fraction of sp³-hybridized carbons (Fsp3) is 0.447. The minimum atomic E-state index is -1.40. The number of ether oxygens (including phenoxy) is 4. The van der Waals surface area contributed by atoms with Crippen LogP contribution in [0.1, 0.15) is 67.6 Å². The molecule has 1 aliphatic heterocycles. The van der Waals surface area contributed by atoms with E-state index in [1.165, 1.54) is 12.1 Å². The van der Waals surface area contributed by atoms with Crippen LogP contribution >= 0.6 is 0 Å². The van der Waals surface area contributed by atoms with Crippen LogP contribution in [0.25, 0.3) is 0 Å². The van der Waals surface area contributed by atoms with Gasteiger partial charge < -0.3 is 38.9 Å². The van der Waals surface area contributed by atoms with E-state index in [0.717, 1.165) is 42.4 Å². The molecule has 60 heavy (non-hydrogen) atoms. The van der Waals surface area contributed by atoms with Gasteiger partial charge in [0, 0.05) is 50.3 Å². The first kappa shape index (κ1) is 44.1. The molecule has 2 aliphatic carbocycles. The summed E-state index contributed by atoms with van der Waals surface area (Å²) in [5, 5.41) is 35.9. The largest absolute Gasteiger partial charge is 0.497 e. The van der Waals surface area contributed by atoms with Crippen molar-refractivity contribution in [1.29, 1.82) is 0 Å². The third kappa shape index (κ3) is 9.75. The van der Waals surface area contributed by atoms with E-state index in [1.807, 2.05) is 42.5 Å². The molecule has 3 aliphatic rings. The molecule has 6 atom stereocenters. The molecule has 13 heteroatoms. The second kappa shape index (κ2) is 20.7. The van der Waals surface area contributed by atoms with Gasteiger partial charge in [-0.2, -0.15) is 0 Å². The van der Waals surface area contributed by atoms with Crippen molar-refractivity contribution in [2.75, 3.05) is 40.6 Å². The van der Waals surface area contributed by atoms with Crippen LogP contribution in [0, 0.1) is 27.9 Å². The standard InChI is InChI=1S/C47H57N3O10/c1-5-24-57-37-20-21-42-40(29-37)45-38(15-8-10-23-52)34(13-7-9-22-51)28-39-41(48-59-31-32-16-18-35(19-17-32)50(54)55)30-43(47(60-42,46(39)45)58-25-6-2)49(3)44(53)27-33-12-11-14-36(26-33)56-4/h5-6,11-12,14,16-21,26,28-29,34,38,43,45-46,51-52H,1-2,7-10,13,15,22-25,27,30-31H2,3-4H3/t34-,38+,43-,45+,46+,47+/m0/s1. The van der Waals surface area contributed by atoms with Crippen LogP contribution in [0.3, 0.4) is 0 Å². The summed E-state index contributed by atoms with van der Waals surface area (Å²) in [5.41, 5.74) is 3.96. The number of rotatable bonds is 22. The minimum Gasteiger partial charge on any atom is -0.497 e. The number of unbranched alkanes of at least 4 members (excludes halogenated alkanes) is 2. The third-order valence-electron chi connectivity index (χ3n) is 11.9. The number of non-ortho nitro benzene ring substituents is 1. The Kier molecular flexibility index (Phi) is 15.2. The second-order valence-corrected chi connectivity index (χ2v) is 15.6. The summed E-state index contributed by atoms with van der Waals surface area (Å²) in [6, 6.07) is 18.7. The van der Waals surface area contributed by atoms with Crippen molar-refractivity contribution in [2.45, 2.75) is 75.7 Å².